The zero-order valence-corrected chi connectivity index (χ0v) is 11.5. The minimum absolute atomic E-state index is 0.0352. The summed E-state index contributed by atoms with van der Waals surface area (Å²) in [4.78, 5) is 24.9. The molecule has 0 aliphatic carbocycles. The van der Waals surface area contributed by atoms with Crippen molar-refractivity contribution in [3.05, 3.63) is 46.3 Å². The van der Waals surface area contributed by atoms with Gasteiger partial charge in [0.15, 0.2) is 0 Å². The van der Waals surface area contributed by atoms with Gasteiger partial charge < -0.3 is 9.51 Å². The molecule has 0 aliphatic rings. The minimum atomic E-state index is -4.53. The van der Waals surface area contributed by atoms with Crippen molar-refractivity contribution in [3.63, 3.8) is 0 Å². The fourth-order valence-electron chi connectivity index (χ4n) is 1.81. The van der Waals surface area contributed by atoms with Gasteiger partial charge in [0.05, 0.1) is 23.0 Å². The van der Waals surface area contributed by atoms with E-state index in [4.69, 9.17) is 4.52 Å². The van der Waals surface area contributed by atoms with Gasteiger partial charge in [-0.05, 0) is 13.0 Å². The number of aromatic amines is 1. The summed E-state index contributed by atoms with van der Waals surface area (Å²) in [6, 6.07) is 0.889. The Morgan fingerprint density at radius 2 is 2.00 bits per heavy atom. The summed E-state index contributed by atoms with van der Waals surface area (Å²) >= 11 is 0. The van der Waals surface area contributed by atoms with Crippen LogP contribution in [0.15, 0.2) is 34.0 Å². The third kappa shape index (κ3) is 2.96. The van der Waals surface area contributed by atoms with E-state index in [1.807, 2.05) is 0 Å². The van der Waals surface area contributed by atoms with Crippen LogP contribution < -0.4 is 5.56 Å². The second-order valence-corrected chi connectivity index (χ2v) is 4.57. The summed E-state index contributed by atoms with van der Waals surface area (Å²) in [6.45, 7) is 1.53. The van der Waals surface area contributed by atoms with Crippen molar-refractivity contribution < 1.29 is 17.7 Å². The number of H-pyrrole nitrogens is 1. The molecule has 3 aromatic rings. The first-order chi connectivity index (χ1) is 10.8. The van der Waals surface area contributed by atoms with Crippen LogP contribution in [0.5, 0.6) is 0 Å². The second kappa shape index (κ2) is 5.30. The van der Waals surface area contributed by atoms with Crippen LogP contribution in [0.2, 0.25) is 0 Å². The first kappa shape index (κ1) is 14.9. The Morgan fingerprint density at radius 1 is 1.22 bits per heavy atom. The first-order valence-corrected chi connectivity index (χ1v) is 6.27. The van der Waals surface area contributed by atoms with E-state index in [-0.39, 0.29) is 23.0 Å². The summed E-state index contributed by atoms with van der Waals surface area (Å²) in [5.74, 6) is -0.0860. The van der Waals surface area contributed by atoms with Crippen molar-refractivity contribution in [3.8, 4) is 23.0 Å². The molecular formula is C13H8F3N5O2. The van der Waals surface area contributed by atoms with Gasteiger partial charge in [-0.1, -0.05) is 5.16 Å². The largest absolute Gasteiger partial charge is 0.417 e. The van der Waals surface area contributed by atoms with E-state index in [1.165, 1.54) is 13.1 Å². The quantitative estimate of drug-likeness (QED) is 0.776. The fraction of sp³-hybridized carbons (Fsp3) is 0.154. The Balaban J connectivity index is 2.03. The Kier molecular flexibility index (Phi) is 3.43. The van der Waals surface area contributed by atoms with Crippen LogP contribution in [0.4, 0.5) is 13.2 Å². The number of aromatic nitrogens is 5. The molecule has 0 radical (unpaired) electrons. The number of aryl methyl sites for hydroxylation is 1. The summed E-state index contributed by atoms with van der Waals surface area (Å²) in [7, 11) is 0. The lowest BCUT2D eigenvalue weighted by Gasteiger charge is -2.08. The van der Waals surface area contributed by atoms with E-state index in [1.54, 1.807) is 0 Å². The number of rotatable bonds is 2. The number of alkyl halides is 3. The molecule has 23 heavy (non-hydrogen) atoms. The summed E-state index contributed by atoms with van der Waals surface area (Å²) in [6.07, 6.45) is -1.49. The minimum Gasteiger partial charge on any atom is -0.333 e. The molecule has 0 spiro atoms. The lowest BCUT2D eigenvalue weighted by molar-refractivity contribution is -0.137. The molecular weight excluding hydrogens is 315 g/mol. The van der Waals surface area contributed by atoms with Gasteiger partial charge in [0, 0.05) is 12.4 Å². The third-order valence-corrected chi connectivity index (χ3v) is 2.97. The molecule has 0 unspecified atom stereocenters. The summed E-state index contributed by atoms with van der Waals surface area (Å²) in [5, 5.41) is 3.65. The predicted molar refractivity (Wildman–Crippen MR) is 71.1 cm³/mol. The van der Waals surface area contributed by atoms with Crippen LogP contribution in [-0.2, 0) is 6.18 Å². The smallest absolute Gasteiger partial charge is 0.333 e. The normalized spacial score (nSPS) is 11.7. The molecule has 3 heterocycles. The van der Waals surface area contributed by atoms with E-state index in [9.17, 15) is 18.0 Å². The topological polar surface area (TPSA) is 97.6 Å². The van der Waals surface area contributed by atoms with Gasteiger partial charge >= 0.3 is 6.18 Å². The van der Waals surface area contributed by atoms with E-state index in [2.05, 4.69) is 25.1 Å². The second-order valence-electron chi connectivity index (χ2n) is 4.57. The highest BCUT2D eigenvalue weighted by Crippen LogP contribution is 2.32. The van der Waals surface area contributed by atoms with E-state index >= 15 is 0 Å². The van der Waals surface area contributed by atoms with E-state index in [0.29, 0.717) is 5.69 Å². The third-order valence-electron chi connectivity index (χ3n) is 2.97. The van der Waals surface area contributed by atoms with Crippen LogP contribution in [-0.4, -0.2) is 25.1 Å². The SMILES string of the molecule is Cc1ncc(C(F)(F)F)cc1-c1nc(-c2c[nH]c(=O)cn2)no1. The van der Waals surface area contributed by atoms with Gasteiger partial charge in [-0.3, -0.25) is 9.78 Å². The van der Waals surface area contributed by atoms with Gasteiger partial charge in [-0.2, -0.15) is 18.2 Å². The average Bonchev–Trinajstić information content (AvgIpc) is 2.97. The van der Waals surface area contributed by atoms with Crippen molar-refractivity contribution in [1.29, 1.82) is 0 Å². The standard InChI is InChI=1S/C13H8F3N5O2/c1-6-8(2-7(3-17-6)13(14,15)16)12-20-11(21-23-12)9-4-19-10(22)5-18-9/h2-5H,1H3,(H,19,22). The highest BCUT2D eigenvalue weighted by molar-refractivity contribution is 5.60. The molecule has 0 fully saturated rings. The number of hydrogen-bond acceptors (Lipinski definition) is 6. The molecule has 3 aromatic heterocycles. The van der Waals surface area contributed by atoms with Crippen molar-refractivity contribution >= 4 is 0 Å². The molecule has 0 saturated carbocycles. The molecule has 0 aromatic carbocycles. The molecule has 0 aliphatic heterocycles. The van der Waals surface area contributed by atoms with Crippen LogP contribution in [0, 0.1) is 6.92 Å². The maximum absolute atomic E-state index is 12.8. The molecule has 0 amide bonds. The fourth-order valence-corrected chi connectivity index (χ4v) is 1.81. The summed E-state index contributed by atoms with van der Waals surface area (Å²) < 4.78 is 43.3. The van der Waals surface area contributed by atoms with E-state index in [0.717, 1.165) is 18.5 Å². The Morgan fingerprint density at radius 3 is 2.65 bits per heavy atom. The highest BCUT2D eigenvalue weighted by Gasteiger charge is 2.32. The van der Waals surface area contributed by atoms with Crippen molar-refractivity contribution in [2.24, 2.45) is 0 Å². The summed E-state index contributed by atoms with van der Waals surface area (Å²) in [5.41, 5.74) is -0.724. The zero-order chi connectivity index (χ0) is 16.6. The van der Waals surface area contributed by atoms with Gasteiger partial charge in [0.2, 0.25) is 5.82 Å². The number of nitrogens with zero attached hydrogens (tertiary/aromatic N) is 4. The molecule has 10 heteroatoms. The molecule has 1 N–H and O–H groups in total. The lowest BCUT2D eigenvalue weighted by atomic mass is 10.1. The first-order valence-electron chi connectivity index (χ1n) is 6.27. The lowest BCUT2D eigenvalue weighted by Crippen LogP contribution is -2.06. The van der Waals surface area contributed by atoms with E-state index < -0.39 is 17.3 Å². The van der Waals surface area contributed by atoms with Gasteiger partial charge in [0.1, 0.15) is 5.69 Å². The van der Waals surface area contributed by atoms with Crippen molar-refractivity contribution in [2.45, 2.75) is 13.1 Å². The van der Waals surface area contributed by atoms with Crippen LogP contribution in [0.1, 0.15) is 11.3 Å². The molecule has 3 rings (SSSR count). The molecule has 0 saturated heterocycles. The van der Waals surface area contributed by atoms with Crippen molar-refractivity contribution in [1.82, 2.24) is 25.1 Å². The maximum atomic E-state index is 12.8. The Labute approximate surface area is 126 Å². The molecule has 118 valence electrons. The number of hydrogen-bond donors (Lipinski definition) is 1. The Bertz CT molecular complexity index is 896. The van der Waals surface area contributed by atoms with Gasteiger partial charge in [0.25, 0.3) is 11.4 Å². The maximum Gasteiger partial charge on any atom is 0.417 e. The van der Waals surface area contributed by atoms with Crippen LogP contribution in [0.25, 0.3) is 23.0 Å². The van der Waals surface area contributed by atoms with Crippen LogP contribution >= 0.6 is 0 Å². The zero-order valence-electron chi connectivity index (χ0n) is 11.5. The van der Waals surface area contributed by atoms with Crippen molar-refractivity contribution in [2.75, 3.05) is 0 Å². The Hall–Kier alpha value is -3.04. The monoisotopic (exact) mass is 323 g/mol. The number of nitrogens with one attached hydrogen (secondary N) is 1. The molecule has 0 bridgehead atoms. The van der Waals surface area contributed by atoms with Crippen LogP contribution in [0.3, 0.4) is 0 Å². The highest BCUT2D eigenvalue weighted by atomic mass is 19.4. The van der Waals surface area contributed by atoms with Gasteiger partial charge in [-0.15, -0.1) is 0 Å². The predicted octanol–water partition coefficient (Wildman–Crippen LogP) is 2.21. The number of pyridine rings is 1. The molecule has 0 atom stereocenters. The van der Waals surface area contributed by atoms with Gasteiger partial charge in [-0.25, -0.2) is 4.98 Å². The molecule has 7 nitrogen and oxygen atoms in total. The average molecular weight is 323 g/mol. The number of halogens is 3.